The van der Waals surface area contributed by atoms with Gasteiger partial charge in [-0.3, -0.25) is 4.79 Å². The van der Waals surface area contributed by atoms with E-state index >= 15 is 0 Å². The van der Waals surface area contributed by atoms with E-state index in [1.165, 1.54) is 11.3 Å². The van der Waals surface area contributed by atoms with Crippen molar-refractivity contribution in [1.82, 2.24) is 15.0 Å². The Labute approximate surface area is 198 Å². The summed E-state index contributed by atoms with van der Waals surface area (Å²) in [6.07, 6.45) is 1.41. The van der Waals surface area contributed by atoms with Crippen LogP contribution in [0.25, 0.3) is 21.5 Å². The van der Waals surface area contributed by atoms with Crippen LogP contribution in [-0.2, 0) is 0 Å². The molecule has 1 aliphatic heterocycles. The molecule has 2 aromatic heterocycles. The average Bonchev–Trinajstić information content (AvgIpc) is 3.38. The van der Waals surface area contributed by atoms with E-state index in [0.717, 1.165) is 10.2 Å². The first kappa shape index (κ1) is 21.2. The summed E-state index contributed by atoms with van der Waals surface area (Å²) in [6.45, 7) is 2.89. The van der Waals surface area contributed by atoms with Crippen molar-refractivity contribution in [3.05, 3.63) is 63.8 Å². The lowest BCUT2D eigenvalue weighted by Crippen LogP contribution is -2.42. The Bertz CT molecular complexity index is 1290. The molecule has 9 heteroatoms. The number of benzene rings is 2. The van der Waals surface area contributed by atoms with Crippen LogP contribution in [0.15, 0.2) is 47.0 Å². The van der Waals surface area contributed by atoms with E-state index in [2.05, 4.69) is 10.1 Å². The smallest absolute Gasteiger partial charge is 0.274 e. The van der Waals surface area contributed by atoms with E-state index in [1.54, 1.807) is 13.0 Å². The number of likely N-dealkylation sites (tertiary alicyclic amines) is 1. The highest BCUT2D eigenvalue weighted by Gasteiger charge is 2.30. The standard InChI is InChI=1S/C23H19Cl2N3O3S/c1-13-19(20(27-31-13)15-5-2-3-6-16(15)24)22(29)28-11-9-14(10-12-28)30-23-26-21-17(25)7-4-8-18(21)32-23/h2-8,14H,9-12H2,1H3. The van der Waals surface area contributed by atoms with Gasteiger partial charge in [-0.25, -0.2) is 4.98 Å². The number of nitrogens with zero attached hydrogens (tertiary/aromatic N) is 3. The maximum atomic E-state index is 13.3. The van der Waals surface area contributed by atoms with Gasteiger partial charge >= 0.3 is 0 Å². The summed E-state index contributed by atoms with van der Waals surface area (Å²) in [5.74, 6) is 0.374. The molecular weight excluding hydrogens is 469 g/mol. The van der Waals surface area contributed by atoms with Crippen molar-refractivity contribution in [3.63, 3.8) is 0 Å². The van der Waals surface area contributed by atoms with Crippen molar-refractivity contribution in [2.75, 3.05) is 13.1 Å². The van der Waals surface area contributed by atoms with Crippen molar-refractivity contribution in [2.24, 2.45) is 0 Å². The van der Waals surface area contributed by atoms with E-state index < -0.39 is 0 Å². The van der Waals surface area contributed by atoms with Crippen molar-refractivity contribution < 1.29 is 14.1 Å². The summed E-state index contributed by atoms with van der Waals surface area (Å²) in [5.41, 5.74) is 2.38. The minimum Gasteiger partial charge on any atom is -0.467 e. The number of halogens is 2. The molecule has 0 unspecified atom stereocenters. The van der Waals surface area contributed by atoms with Crippen LogP contribution < -0.4 is 4.74 Å². The maximum Gasteiger partial charge on any atom is 0.274 e. The minimum atomic E-state index is -0.108. The fraction of sp³-hybridized carbons (Fsp3) is 0.261. The first-order valence-electron chi connectivity index (χ1n) is 10.2. The number of piperidine rings is 1. The van der Waals surface area contributed by atoms with Gasteiger partial charge in [-0.15, -0.1) is 0 Å². The molecule has 164 valence electrons. The average molecular weight is 488 g/mol. The number of carbonyl (C=O) groups excluding carboxylic acids is 1. The van der Waals surface area contributed by atoms with E-state index in [0.29, 0.717) is 63.8 Å². The molecule has 0 N–H and O–H groups in total. The number of rotatable bonds is 4. The number of ether oxygens (including phenoxy) is 1. The number of fused-ring (bicyclic) bond motifs is 1. The van der Waals surface area contributed by atoms with Gasteiger partial charge < -0.3 is 14.2 Å². The molecule has 1 amide bonds. The molecule has 0 bridgehead atoms. The van der Waals surface area contributed by atoms with Gasteiger partial charge in [-0.1, -0.05) is 64.0 Å². The van der Waals surface area contributed by atoms with Gasteiger partial charge in [-0.2, -0.15) is 0 Å². The fourth-order valence-electron chi connectivity index (χ4n) is 3.88. The zero-order valence-electron chi connectivity index (χ0n) is 17.2. The SMILES string of the molecule is Cc1onc(-c2ccccc2Cl)c1C(=O)N1CCC(Oc2nc3c(Cl)cccc3s2)CC1. The van der Waals surface area contributed by atoms with Crippen LogP contribution in [0.2, 0.25) is 10.0 Å². The highest BCUT2D eigenvalue weighted by Crippen LogP contribution is 2.34. The topological polar surface area (TPSA) is 68.5 Å². The second kappa shape index (κ2) is 8.73. The van der Waals surface area contributed by atoms with E-state index in [1.807, 2.05) is 41.3 Å². The molecule has 4 aromatic rings. The number of amides is 1. The third kappa shape index (κ3) is 3.96. The highest BCUT2D eigenvalue weighted by atomic mass is 35.5. The molecule has 32 heavy (non-hydrogen) atoms. The monoisotopic (exact) mass is 487 g/mol. The number of thiazole rings is 1. The number of hydrogen-bond acceptors (Lipinski definition) is 6. The van der Waals surface area contributed by atoms with Gasteiger partial charge in [0.05, 0.1) is 14.7 Å². The molecular formula is C23H19Cl2N3O3S. The zero-order valence-corrected chi connectivity index (χ0v) is 19.5. The summed E-state index contributed by atoms with van der Waals surface area (Å²) in [7, 11) is 0. The van der Waals surface area contributed by atoms with Crippen LogP contribution in [-0.4, -0.2) is 40.1 Å². The van der Waals surface area contributed by atoms with Crippen LogP contribution in [0, 0.1) is 6.92 Å². The van der Waals surface area contributed by atoms with Crippen molar-refractivity contribution in [2.45, 2.75) is 25.9 Å². The van der Waals surface area contributed by atoms with Crippen LogP contribution in [0.5, 0.6) is 5.19 Å². The van der Waals surface area contributed by atoms with Gasteiger partial charge in [0, 0.05) is 31.5 Å². The van der Waals surface area contributed by atoms with Crippen molar-refractivity contribution in [3.8, 4) is 16.5 Å². The summed E-state index contributed by atoms with van der Waals surface area (Å²) in [6, 6.07) is 13.0. The molecule has 5 rings (SSSR count). The minimum absolute atomic E-state index is 0.00926. The number of aromatic nitrogens is 2. The lowest BCUT2D eigenvalue weighted by Gasteiger charge is -2.31. The molecule has 0 atom stereocenters. The maximum absolute atomic E-state index is 13.3. The Balaban J connectivity index is 1.29. The summed E-state index contributed by atoms with van der Waals surface area (Å²) < 4.78 is 12.5. The van der Waals surface area contributed by atoms with Gasteiger partial charge in [0.15, 0.2) is 0 Å². The summed E-state index contributed by atoms with van der Waals surface area (Å²) in [5, 5.41) is 5.86. The Morgan fingerprint density at radius 3 is 2.62 bits per heavy atom. The first-order chi connectivity index (χ1) is 15.5. The Morgan fingerprint density at radius 2 is 1.88 bits per heavy atom. The normalized spacial score (nSPS) is 14.8. The zero-order chi connectivity index (χ0) is 22.2. The predicted molar refractivity (Wildman–Crippen MR) is 126 cm³/mol. The Hall–Kier alpha value is -2.61. The van der Waals surface area contributed by atoms with Crippen LogP contribution in [0.4, 0.5) is 0 Å². The number of carbonyl (C=O) groups is 1. The first-order valence-corrected chi connectivity index (χ1v) is 11.8. The highest BCUT2D eigenvalue weighted by molar-refractivity contribution is 7.20. The molecule has 0 saturated carbocycles. The molecule has 1 fully saturated rings. The van der Waals surface area contributed by atoms with E-state index in [-0.39, 0.29) is 12.0 Å². The number of para-hydroxylation sites is 1. The Kier molecular flexibility index (Phi) is 5.80. The lowest BCUT2D eigenvalue weighted by atomic mass is 10.0. The van der Waals surface area contributed by atoms with Gasteiger partial charge in [0.1, 0.15) is 28.6 Å². The van der Waals surface area contributed by atoms with Crippen molar-refractivity contribution in [1.29, 1.82) is 0 Å². The molecule has 1 aliphatic rings. The lowest BCUT2D eigenvalue weighted by molar-refractivity contribution is 0.0594. The predicted octanol–water partition coefficient (Wildman–Crippen LogP) is 6.25. The van der Waals surface area contributed by atoms with E-state index in [9.17, 15) is 4.79 Å². The molecule has 1 saturated heterocycles. The second-order valence-electron chi connectivity index (χ2n) is 7.62. The van der Waals surface area contributed by atoms with E-state index in [4.69, 9.17) is 32.5 Å². The quantitative estimate of drug-likeness (QED) is 0.340. The fourth-order valence-corrected chi connectivity index (χ4v) is 5.29. The Morgan fingerprint density at radius 1 is 1.12 bits per heavy atom. The van der Waals surface area contributed by atoms with Crippen LogP contribution >= 0.6 is 34.5 Å². The number of aryl methyl sites for hydroxylation is 1. The third-order valence-electron chi connectivity index (χ3n) is 5.55. The van der Waals surface area contributed by atoms with Crippen LogP contribution in [0.3, 0.4) is 0 Å². The van der Waals surface area contributed by atoms with Crippen molar-refractivity contribution >= 4 is 50.7 Å². The van der Waals surface area contributed by atoms with Gasteiger partial charge in [0.25, 0.3) is 11.1 Å². The molecule has 0 radical (unpaired) electrons. The molecule has 0 aliphatic carbocycles. The number of hydrogen-bond donors (Lipinski definition) is 0. The van der Waals surface area contributed by atoms with Gasteiger partial charge in [0.2, 0.25) is 0 Å². The largest absolute Gasteiger partial charge is 0.467 e. The molecule has 6 nitrogen and oxygen atoms in total. The summed E-state index contributed by atoms with van der Waals surface area (Å²) in [4.78, 5) is 19.7. The van der Waals surface area contributed by atoms with Crippen LogP contribution in [0.1, 0.15) is 29.0 Å². The molecule has 2 aromatic carbocycles. The third-order valence-corrected chi connectivity index (χ3v) is 7.10. The second-order valence-corrected chi connectivity index (χ2v) is 9.43. The molecule has 0 spiro atoms. The summed E-state index contributed by atoms with van der Waals surface area (Å²) >= 11 is 14.0. The molecule has 3 heterocycles. The van der Waals surface area contributed by atoms with Gasteiger partial charge in [-0.05, 0) is 25.1 Å².